The Morgan fingerprint density at radius 3 is 2.67 bits per heavy atom. The Morgan fingerprint density at radius 1 is 1.33 bits per heavy atom. The Hall–Kier alpha value is -2.81. The third-order valence-electron chi connectivity index (χ3n) is 2.51. The van der Waals surface area contributed by atoms with E-state index in [4.69, 9.17) is 5.11 Å². The molecule has 0 saturated carbocycles. The molecule has 0 saturated heterocycles. The van der Waals surface area contributed by atoms with Gasteiger partial charge in [0.15, 0.2) is 0 Å². The van der Waals surface area contributed by atoms with E-state index in [1.54, 1.807) is 0 Å². The maximum absolute atomic E-state index is 13.2. The molecule has 108 valence electrons. The molecule has 9 heteroatoms. The number of anilines is 1. The van der Waals surface area contributed by atoms with E-state index in [1.807, 2.05) is 0 Å². The van der Waals surface area contributed by atoms with Gasteiger partial charge in [0.25, 0.3) is 11.6 Å². The fourth-order valence-electron chi connectivity index (χ4n) is 1.61. The van der Waals surface area contributed by atoms with Crippen molar-refractivity contribution in [2.24, 2.45) is 0 Å². The van der Waals surface area contributed by atoms with Crippen LogP contribution in [0.4, 0.5) is 15.8 Å². The molecule has 2 aromatic rings. The number of nitro benzene ring substituents is 1. The van der Waals surface area contributed by atoms with Gasteiger partial charge >= 0.3 is 5.97 Å². The molecule has 0 bridgehead atoms. The number of hydrogen-bond acceptors (Lipinski definition) is 5. The topological polar surface area (TPSA) is 110 Å². The minimum Gasteiger partial charge on any atom is -0.477 e. The molecule has 0 aliphatic rings. The number of carboxylic acids is 1. The van der Waals surface area contributed by atoms with Crippen molar-refractivity contribution >= 4 is 34.6 Å². The molecule has 1 aromatic heterocycles. The standard InChI is InChI=1S/C12H7FN2O5S/c13-6-1-2-9(15(19)20)7(5-6)11(16)14-8-3-4-21-10(8)12(17)18/h1-5H,(H,14,16)(H,17,18). The number of carbonyl (C=O) groups is 2. The van der Waals surface area contributed by atoms with E-state index in [2.05, 4.69) is 5.32 Å². The quantitative estimate of drug-likeness (QED) is 0.666. The normalized spacial score (nSPS) is 10.1. The van der Waals surface area contributed by atoms with E-state index in [0.29, 0.717) is 0 Å². The SMILES string of the molecule is O=C(Nc1ccsc1C(=O)O)c1cc(F)ccc1[N+](=O)[O-]. The van der Waals surface area contributed by atoms with Crippen LogP contribution in [-0.4, -0.2) is 21.9 Å². The molecule has 1 aromatic carbocycles. The fourth-order valence-corrected chi connectivity index (χ4v) is 2.30. The second-order valence-corrected chi connectivity index (χ2v) is 4.76. The molecule has 21 heavy (non-hydrogen) atoms. The lowest BCUT2D eigenvalue weighted by Gasteiger charge is -2.05. The monoisotopic (exact) mass is 310 g/mol. The molecule has 0 aliphatic carbocycles. The Bertz CT molecular complexity index is 743. The maximum atomic E-state index is 13.2. The molecule has 0 unspecified atom stereocenters. The van der Waals surface area contributed by atoms with E-state index in [9.17, 15) is 24.1 Å². The van der Waals surface area contributed by atoms with E-state index in [0.717, 1.165) is 29.5 Å². The first kappa shape index (κ1) is 14.6. The molecule has 0 aliphatic heterocycles. The van der Waals surface area contributed by atoms with Crippen LogP contribution in [0.2, 0.25) is 0 Å². The molecule has 7 nitrogen and oxygen atoms in total. The average molecular weight is 310 g/mol. The summed E-state index contributed by atoms with van der Waals surface area (Å²) in [7, 11) is 0. The van der Waals surface area contributed by atoms with E-state index in [-0.39, 0.29) is 10.6 Å². The van der Waals surface area contributed by atoms with Gasteiger partial charge in [-0.05, 0) is 23.6 Å². The summed E-state index contributed by atoms with van der Waals surface area (Å²) in [5.74, 6) is -3.01. The van der Waals surface area contributed by atoms with Crippen molar-refractivity contribution in [3.8, 4) is 0 Å². The average Bonchev–Trinajstić information content (AvgIpc) is 2.86. The number of benzene rings is 1. The van der Waals surface area contributed by atoms with Gasteiger partial charge in [-0.1, -0.05) is 0 Å². The predicted octanol–water partition coefficient (Wildman–Crippen LogP) is 2.75. The zero-order valence-corrected chi connectivity index (χ0v) is 11.0. The third kappa shape index (κ3) is 3.03. The Labute approximate surface area is 120 Å². The van der Waals surface area contributed by atoms with Crippen LogP contribution >= 0.6 is 11.3 Å². The lowest BCUT2D eigenvalue weighted by Crippen LogP contribution is -2.15. The second-order valence-electron chi connectivity index (χ2n) is 3.84. The summed E-state index contributed by atoms with van der Waals surface area (Å²) in [5.41, 5.74) is -1.06. The number of carbonyl (C=O) groups excluding carboxylic acids is 1. The smallest absolute Gasteiger partial charge is 0.348 e. The third-order valence-corrected chi connectivity index (χ3v) is 3.41. The van der Waals surface area contributed by atoms with Crippen LogP contribution in [0.5, 0.6) is 0 Å². The summed E-state index contributed by atoms with van der Waals surface area (Å²) >= 11 is 0.886. The first-order chi connectivity index (χ1) is 9.90. The summed E-state index contributed by atoms with van der Waals surface area (Å²) in [4.78, 5) is 32.8. The van der Waals surface area contributed by atoms with Crippen LogP contribution in [0.25, 0.3) is 0 Å². The molecule has 0 atom stereocenters. The van der Waals surface area contributed by atoms with Gasteiger partial charge in [-0.2, -0.15) is 0 Å². The van der Waals surface area contributed by atoms with Gasteiger partial charge in [0.2, 0.25) is 0 Å². The zero-order chi connectivity index (χ0) is 15.6. The van der Waals surface area contributed by atoms with E-state index < -0.39 is 33.9 Å². The fraction of sp³-hybridized carbons (Fsp3) is 0. The number of aromatic carboxylic acids is 1. The molecular weight excluding hydrogens is 303 g/mol. The Balaban J connectivity index is 2.37. The predicted molar refractivity (Wildman–Crippen MR) is 72.3 cm³/mol. The van der Waals surface area contributed by atoms with Crippen molar-refractivity contribution < 1.29 is 24.0 Å². The van der Waals surface area contributed by atoms with Crippen LogP contribution in [0, 0.1) is 15.9 Å². The molecule has 0 spiro atoms. The number of hydrogen-bond donors (Lipinski definition) is 2. The minimum atomic E-state index is -1.24. The van der Waals surface area contributed by atoms with Gasteiger partial charge in [-0.3, -0.25) is 14.9 Å². The molecule has 2 rings (SSSR count). The van der Waals surface area contributed by atoms with Gasteiger partial charge < -0.3 is 10.4 Å². The molecule has 1 amide bonds. The number of thiophene rings is 1. The lowest BCUT2D eigenvalue weighted by atomic mass is 10.1. The van der Waals surface area contributed by atoms with Crippen molar-refractivity contribution in [2.45, 2.75) is 0 Å². The molecule has 0 fully saturated rings. The molecule has 2 N–H and O–H groups in total. The largest absolute Gasteiger partial charge is 0.477 e. The minimum absolute atomic E-state index is 0.00365. The lowest BCUT2D eigenvalue weighted by molar-refractivity contribution is -0.385. The van der Waals surface area contributed by atoms with Crippen molar-refractivity contribution in [1.29, 1.82) is 0 Å². The van der Waals surface area contributed by atoms with Crippen LogP contribution in [0.15, 0.2) is 29.6 Å². The first-order valence-electron chi connectivity index (χ1n) is 5.46. The van der Waals surface area contributed by atoms with E-state index >= 15 is 0 Å². The van der Waals surface area contributed by atoms with Crippen LogP contribution < -0.4 is 5.32 Å². The number of nitrogens with zero attached hydrogens (tertiary/aromatic N) is 1. The molecule has 1 heterocycles. The van der Waals surface area contributed by atoms with Gasteiger partial charge in [0, 0.05) is 6.07 Å². The number of carboxylic acid groups (broad SMARTS) is 1. The number of rotatable bonds is 4. The first-order valence-corrected chi connectivity index (χ1v) is 6.34. The maximum Gasteiger partial charge on any atom is 0.348 e. The van der Waals surface area contributed by atoms with Gasteiger partial charge in [-0.25, -0.2) is 9.18 Å². The van der Waals surface area contributed by atoms with Gasteiger partial charge in [0.1, 0.15) is 16.3 Å². The highest BCUT2D eigenvalue weighted by molar-refractivity contribution is 7.12. The number of nitro groups is 1. The summed E-state index contributed by atoms with van der Waals surface area (Å²) in [6, 6.07) is 3.80. The Morgan fingerprint density at radius 2 is 2.05 bits per heavy atom. The molecule has 0 radical (unpaired) electrons. The van der Waals surface area contributed by atoms with Crippen molar-refractivity contribution in [1.82, 2.24) is 0 Å². The van der Waals surface area contributed by atoms with Crippen molar-refractivity contribution in [2.75, 3.05) is 5.32 Å². The number of amides is 1. The number of halogens is 1. The summed E-state index contributed by atoms with van der Waals surface area (Å²) in [6.07, 6.45) is 0. The summed E-state index contributed by atoms with van der Waals surface area (Å²) < 4.78 is 13.2. The van der Waals surface area contributed by atoms with E-state index in [1.165, 1.54) is 11.4 Å². The summed E-state index contributed by atoms with van der Waals surface area (Å²) in [6.45, 7) is 0. The summed E-state index contributed by atoms with van der Waals surface area (Å²) in [5, 5.41) is 23.4. The van der Waals surface area contributed by atoms with Gasteiger partial charge in [0.05, 0.1) is 10.6 Å². The highest BCUT2D eigenvalue weighted by Gasteiger charge is 2.22. The second kappa shape index (κ2) is 5.67. The highest BCUT2D eigenvalue weighted by Crippen LogP contribution is 2.25. The number of nitrogens with one attached hydrogen (secondary N) is 1. The van der Waals surface area contributed by atoms with Crippen molar-refractivity contribution in [3.63, 3.8) is 0 Å². The van der Waals surface area contributed by atoms with Crippen molar-refractivity contribution in [3.05, 3.63) is 56.0 Å². The van der Waals surface area contributed by atoms with Crippen LogP contribution in [0.3, 0.4) is 0 Å². The Kier molecular flexibility index (Phi) is 3.94. The molecular formula is C12H7FN2O5S. The van der Waals surface area contributed by atoms with Gasteiger partial charge in [-0.15, -0.1) is 11.3 Å². The van der Waals surface area contributed by atoms with Crippen LogP contribution in [0.1, 0.15) is 20.0 Å². The zero-order valence-electron chi connectivity index (χ0n) is 10.2. The van der Waals surface area contributed by atoms with Crippen LogP contribution in [-0.2, 0) is 0 Å². The highest BCUT2D eigenvalue weighted by atomic mass is 32.1.